The standard InChI is InChI=1S/C19H34O2/c1-19(2,3)17-11-9-16(10-12-17)15-7-5-14(6-8-15)13-18(20)21-4/h14-17H,5-13H2,1-4H3. The maximum atomic E-state index is 11.4. The van der Waals surface area contributed by atoms with E-state index in [2.05, 4.69) is 20.8 Å². The maximum absolute atomic E-state index is 11.4. The first-order chi connectivity index (χ1) is 9.90. The van der Waals surface area contributed by atoms with Crippen LogP contribution in [0, 0.1) is 29.1 Å². The number of esters is 1. The van der Waals surface area contributed by atoms with Gasteiger partial charge in [0.2, 0.25) is 0 Å². The Morgan fingerprint density at radius 1 is 0.905 bits per heavy atom. The van der Waals surface area contributed by atoms with Gasteiger partial charge in [-0.15, -0.1) is 0 Å². The van der Waals surface area contributed by atoms with E-state index in [9.17, 15) is 4.79 Å². The quantitative estimate of drug-likeness (QED) is 0.668. The van der Waals surface area contributed by atoms with Crippen LogP contribution in [0.5, 0.6) is 0 Å². The van der Waals surface area contributed by atoms with Crippen molar-refractivity contribution in [3.05, 3.63) is 0 Å². The lowest BCUT2D eigenvalue weighted by molar-refractivity contribution is -0.142. The van der Waals surface area contributed by atoms with Crippen LogP contribution in [0.4, 0.5) is 0 Å². The number of hydrogen-bond acceptors (Lipinski definition) is 2. The molecule has 2 rings (SSSR count). The van der Waals surface area contributed by atoms with E-state index < -0.39 is 0 Å². The van der Waals surface area contributed by atoms with Crippen LogP contribution in [0.2, 0.25) is 0 Å². The molecule has 0 spiro atoms. The Labute approximate surface area is 131 Å². The maximum Gasteiger partial charge on any atom is 0.305 e. The van der Waals surface area contributed by atoms with E-state index in [1.54, 1.807) is 0 Å². The molecule has 21 heavy (non-hydrogen) atoms. The second-order valence-corrected chi connectivity index (χ2v) is 8.54. The molecule has 0 saturated heterocycles. The first-order valence-electron chi connectivity index (χ1n) is 8.97. The van der Waals surface area contributed by atoms with Crippen molar-refractivity contribution < 1.29 is 9.53 Å². The van der Waals surface area contributed by atoms with Crippen molar-refractivity contribution in [2.24, 2.45) is 29.1 Å². The minimum Gasteiger partial charge on any atom is -0.469 e. The van der Waals surface area contributed by atoms with Gasteiger partial charge < -0.3 is 4.74 Å². The van der Waals surface area contributed by atoms with Crippen LogP contribution in [0.3, 0.4) is 0 Å². The molecule has 2 saturated carbocycles. The molecule has 0 radical (unpaired) electrons. The van der Waals surface area contributed by atoms with Gasteiger partial charge in [0, 0.05) is 6.42 Å². The SMILES string of the molecule is COC(=O)CC1CCC(C2CCC(C(C)(C)C)CC2)CC1. The van der Waals surface area contributed by atoms with Gasteiger partial charge in [-0.3, -0.25) is 4.79 Å². The predicted octanol–water partition coefficient (Wildman–Crippen LogP) is 5.21. The highest BCUT2D eigenvalue weighted by molar-refractivity contribution is 5.69. The Morgan fingerprint density at radius 3 is 1.81 bits per heavy atom. The average Bonchev–Trinajstić information content (AvgIpc) is 2.47. The summed E-state index contributed by atoms with van der Waals surface area (Å²) in [4.78, 5) is 11.4. The normalized spacial score (nSPS) is 34.5. The van der Waals surface area contributed by atoms with Crippen LogP contribution < -0.4 is 0 Å². The molecule has 0 atom stereocenters. The van der Waals surface area contributed by atoms with Crippen molar-refractivity contribution in [3.63, 3.8) is 0 Å². The van der Waals surface area contributed by atoms with E-state index in [-0.39, 0.29) is 5.97 Å². The Kier molecular flexibility index (Phi) is 5.73. The third-order valence-corrected chi connectivity index (χ3v) is 6.24. The van der Waals surface area contributed by atoms with Crippen LogP contribution in [0.25, 0.3) is 0 Å². The van der Waals surface area contributed by atoms with Crippen LogP contribution in [0.15, 0.2) is 0 Å². The molecule has 2 heteroatoms. The number of hydrogen-bond donors (Lipinski definition) is 0. The average molecular weight is 294 g/mol. The fourth-order valence-electron chi connectivity index (χ4n) is 4.64. The van der Waals surface area contributed by atoms with Crippen molar-refractivity contribution in [1.29, 1.82) is 0 Å². The first kappa shape index (κ1) is 16.8. The van der Waals surface area contributed by atoms with Gasteiger partial charge in [0.25, 0.3) is 0 Å². The van der Waals surface area contributed by atoms with Crippen LogP contribution in [0.1, 0.15) is 78.6 Å². The van der Waals surface area contributed by atoms with Crippen molar-refractivity contribution >= 4 is 5.97 Å². The minimum absolute atomic E-state index is 0.0239. The highest BCUT2D eigenvalue weighted by Crippen LogP contribution is 2.45. The highest BCUT2D eigenvalue weighted by Gasteiger charge is 2.34. The predicted molar refractivity (Wildman–Crippen MR) is 87.0 cm³/mol. The van der Waals surface area contributed by atoms with E-state index in [0.29, 0.717) is 17.8 Å². The summed E-state index contributed by atoms with van der Waals surface area (Å²) in [5, 5.41) is 0. The van der Waals surface area contributed by atoms with Gasteiger partial charge in [-0.05, 0) is 80.5 Å². The molecular formula is C19H34O2. The summed E-state index contributed by atoms with van der Waals surface area (Å²) in [5.74, 6) is 3.37. The molecule has 2 aliphatic rings. The van der Waals surface area contributed by atoms with E-state index in [1.807, 2.05) is 0 Å². The molecule has 0 amide bonds. The summed E-state index contributed by atoms with van der Waals surface area (Å²) < 4.78 is 4.80. The summed E-state index contributed by atoms with van der Waals surface area (Å²) in [5.41, 5.74) is 0.489. The van der Waals surface area contributed by atoms with Crippen molar-refractivity contribution in [1.82, 2.24) is 0 Å². The van der Waals surface area contributed by atoms with Crippen LogP contribution in [-0.4, -0.2) is 13.1 Å². The first-order valence-corrected chi connectivity index (χ1v) is 8.97. The third kappa shape index (κ3) is 4.72. The third-order valence-electron chi connectivity index (χ3n) is 6.24. The fraction of sp³-hybridized carbons (Fsp3) is 0.947. The molecular weight excluding hydrogens is 260 g/mol. The highest BCUT2D eigenvalue weighted by atomic mass is 16.5. The summed E-state index contributed by atoms with van der Waals surface area (Å²) in [7, 11) is 1.50. The van der Waals surface area contributed by atoms with E-state index in [0.717, 1.165) is 17.8 Å². The van der Waals surface area contributed by atoms with E-state index in [4.69, 9.17) is 4.74 Å². The zero-order valence-corrected chi connectivity index (χ0v) is 14.5. The van der Waals surface area contributed by atoms with Crippen LogP contribution >= 0.6 is 0 Å². The zero-order chi connectivity index (χ0) is 15.5. The van der Waals surface area contributed by atoms with Gasteiger partial charge in [-0.2, -0.15) is 0 Å². The molecule has 0 heterocycles. The zero-order valence-electron chi connectivity index (χ0n) is 14.5. The van der Waals surface area contributed by atoms with Gasteiger partial charge in [0.15, 0.2) is 0 Å². The number of methoxy groups -OCH3 is 1. The number of carbonyl (C=O) groups is 1. The summed E-state index contributed by atoms with van der Waals surface area (Å²) in [6, 6.07) is 0. The monoisotopic (exact) mass is 294 g/mol. The summed E-state index contributed by atoms with van der Waals surface area (Å²) in [6.07, 6.45) is 11.5. The lowest BCUT2D eigenvalue weighted by Gasteiger charge is -2.41. The van der Waals surface area contributed by atoms with E-state index >= 15 is 0 Å². The Morgan fingerprint density at radius 2 is 1.38 bits per heavy atom. The lowest BCUT2D eigenvalue weighted by atomic mass is 9.64. The lowest BCUT2D eigenvalue weighted by Crippen LogP contribution is -2.30. The Hall–Kier alpha value is -0.530. The second kappa shape index (κ2) is 7.15. The number of rotatable bonds is 3. The molecule has 122 valence electrons. The van der Waals surface area contributed by atoms with Gasteiger partial charge >= 0.3 is 5.97 Å². The van der Waals surface area contributed by atoms with E-state index in [1.165, 1.54) is 58.5 Å². The number of carbonyl (C=O) groups excluding carboxylic acids is 1. The van der Waals surface area contributed by atoms with Gasteiger partial charge in [0.05, 0.1) is 7.11 Å². The molecule has 2 aliphatic carbocycles. The van der Waals surface area contributed by atoms with Gasteiger partial charge in [-0.25, -0.2) is 0 Å². The molecule has 0 bridgehead atoms. The number of ether oxygens (including phenoxy) is 1. The van der Waals surface area contributed by atoms with Crippen molar-refractivity contribution in [3.8, 4) is 0 Å². The molecule has 2 nitrogen and oxygen atoms in total. The summed E-state index contributed by atoms with van der Waals surface area (Å²) >= 11 is 0. The second-order valence-electron chi connectivity index (χ2n) is 8.54. The largest absolute Gasteiger partial charge is 0.469 e. The molecule has 0 aromatic heterocycles. The van der Waals surface area contributed by atoms with Gasteiger partial charge in [0.1, 0.15) is 0 Å². The van der Waals surface area contributed by atoms with Gasteiger partial charge in [-0.1, -0.05) is 20.8 Å². The van der Waals surface area contributed by atoms with Crippen LogP contribution in [-0.2, 0) is 9.53 Å². The molecule has 0 aromatic carbocycles. The summed E-state index contributed by atoms with van der Waals surface area (Å²) in [6.45, 7) is 7.20. The molecule has 0 N–H and O–H groups in total. The topological polar surface area (TPSA) is 26.3 Å². The Bertz CT molecular complexity index is 326. The Balaban J connectivity index is 1.73. The minimum atomic E-state index is -0.0239. The molecule has 0 aliphatic heterocycles. The molecule has 0 aromatic rings. The smallest absolute Gasteiger partial charge is 0.305 e. The van der Waals surface area contributed by atoms with Crippen molar-refractivity contribution in [2.45, 2.75) is 78.6 Å². The molecule has 0 unspecified atom stereocenters. The van der Waals surface area contributed by atoms with Crippen molar-refractivity contribution in [2.75, 3.05) is 7.11 Å². The fourth-order valence-corrected chi connectivity index (χ4v) is 4.64. The molecule has 2 fully saturated rings.